The van der Waals surface area contributed by atoms with Gasteiger partial charge in [-0.05, 0) is 44.4 Å². The number of hydrogen-bond donors (Lipinski definition) is 2. The molecule has 0 aliphatic carbocycles. The van der Waals surface area contributed by atoms with E-state index >= 15 is 0 Å². The Labute approximate surface area is 179 Å². The number of aliphatic imine (C=N–C) groups is 1. The van der Waals surface area contributed by atoms with E-state index in [9.17, 15) is 0 Å². The Bertz CT molecular complexity index is 544. The lowest BCUT2D eigenvalue weighted by molar-refractivity contribution is 0.116. The SMILES string of the molecule is CN=C(NCC1CN(C)CCN1C)NC1CCN(c2cccs2)CC1.I. The predicted molar refractivity (Wildman–Crippen MR) is 123 cm³/mol. The molecule has 26 heavy (non-hydrogen) atoms. The first-order valence-corrected chi connectivity index (χ1v) is 10.2. The molecule has 1 atom stereocenters. The largest absolute Gasteiger partial charge is 0.363 e. The van der Waals surface area contributed by atoms with Gasteiger partial charge in [0.05, 0.1) is 5.00 Å². The molecule has 0 spiro atoms. The van der Waals surface area contributed by atoms with Gasteiger partial charge in [0, 0.05) is 58.4 Å². The Morgan fingerprint density at radius 2 is 2.00 bits per heavy atom. The van der Waals surface area contributed by atoms with Crippen LogP contribution in [0.25, 0.3) is 0 Å². The topological polar surface area (TPSA) is 46.1 Å². The van der Waals surface area contributed by atoms with Crippen LogP contribution in [0.15, 0.2) is 22.5 Å². The van der Waals surface area contributed by atoms with Gasteiger partial charge in [-0.15, -0.1) is 35.3 Å². The Morgan fingerprint density at radius 3 is 2.65 bits per heavy atom. The standard InChI is InChI=1S/C18H32N6S.HI/c1-19-18(20-13-16-14-22(2)10-11-23(16)3)21-15-6-8-24(9-7-15)17-5-4-12-25-17;/h4-5,12,15-16H,6-11,13-14H2,1-3H3,(H2,19,20,21);1H. The smallest absolute Gasteiger partial charge is 0.191 e. The van der Waals surface area contributed by atoms with Crippen LogP contribution in [-0.4, -0.2) is 88.3 Å². The molecule has 1 aromatic heterocycles. The first-order valence-electron chi connectivity index (χ1n) is 9.30. The van der Waals surface area contributed by atoms with Crippen molar-refractivity contribution in [3.05, 3.63) is 17.5 Å². The van der Waals surface area contributed by atoms with Crippen molar-refractivity contribution in [1.82, 2.24) is 20.4 Å². The second-order valence-electron chi connectivity index (χ2n) is 7.21. The second-order valence-corrected chi connectivity index (χ2v) is 8.13. The Morgan fingerprint density at radius 1 is 1.23 bits per heavy atom. The third kappa shape index (κ3) is 5.97. The summed E-state index contributed by atoms with van der Waals surface area (Å²) in [6, 6.07) is 5.40. The Balaban J connectivity index is 0.00000243. The molecule has 148 valence electrons. The van der Waals surface area contributed by atoms with Gasteiger partial charge in [0.2, 0.25) is 0 Å². The molecule has 0 amide bonds. The number of piperidine rings is 1. The molecular formula is C18H33IN6S. The van der Waals surface area contributed by atoms with Gasteiger partial charge in [0.25, 0.3) is 0 Å². The van der Waals surface area contributed by atoms with Gasteiger partial charge in [-0.25, -0.2) is 0 Å². The van der Waals surface area contributed by atoms with Crippen LogP contribution in [0, 0.1) is 0 Å². The van der Waals surface area contributed by atoms with Crippen molar-refractivity contribution in [3.63, 3.8) is 0 Å². The summed E-state index contributed by atoms with van der Waals surface area (Å²) in [6.07, 6.45) is 2.31. The Kier molecular flexibility index (Phi) is 8.92. The van der Waals surface area contributed by atoms with Crippen LogP contribution in [0.2, 0.25) is 0 Å². The van der Waals surface area contributed by atoms with E-state index in [4.69, 9.17) is 0 Å². The highest BCUT2D eigenvalue weighted by Gasteiger charge is 2.23. The number of thiophene rings is 1. The minimum absolute atomic E-state index is 0. The number of halogens is 1. The minimum atomic E-state index is 0. The van der Waals surface area contributed by atoms with E-state index in [1.807, 2.05) is 18.4 Å². The summed E-state index contributed by atoms with van der Waals surface area (Å²) in [7, 11) is 6.29. The van der Waals surface area contributed by atoms with E-state index in [2.05, 4.69) is 61.9 Å². The number of rotatable bonds is 4. The Hall–Kier alpha value is -0.580. The maximum Gasteiger partial charge on any atom is 0.191 e. The predicted octanol–water partition coefficient (Wildman–Crippen LogP) is 1.75. The van der Waals surface area contributed by atoms with Crippen LogP contribution in [0.4, 0.5) is 5.00 Å². The highest BCUT2D eigenvalue weighted by Crippen LogP contribution is 2.24. The lowest BCUT2D eigenvalue weighted by Gasteiger charge is -2.38. The molecule has 0 bridgehead atoms. The average Bonchev–Trinajstić information content (AvgIpc) is 3.16. The molecule has 1 aromatic rings. The van der Waals surface area contributed by atoms with E-state index in [0.717, 1.165) is 58.1 Å². The van der Waals surface area contributed by atoms with Gasteiger partial charge in [-0.2, -0.15) is 0 Å². The monoisotopic (exact) mass is 492 g/mol. The van der Waals surface area contributed by atoms with Crippen molar-refractivity contribution in [3.8, 4) is 0 Å². The normalized spacial score (nSPS) is 23.6. The fourth-order valence-corrected chi connectivity index (χ4v) is 4.40. The van der Waals surface area contributed by atoms with Crippen molar-refractivity contribution in [2.24, 2.45) is 4.99 Å². The zero-order valence-electron chi connectivity index (χ0n) is 16.1. The molecule has 1 unspecified atom stereocenters. The molecule has 0 saturated carbocycles. The molecule has 2 saturated heterocycles. The first kappa shape index (κ1) is 21.7. The maximum absolute atomic E-state index is 4.43. The minimum Gasteiger partial charge on any atom is -0.363 e. The summed E-state index contributed by atoms with van der Waals surface area (Å²) in [6.45, 7) is 6.57. The van der Waals surface area contributed by atoms with Crippen LogP contribution in [0.1, 0.15) is 12.8 Å². The molecule has 3 rings (SSSR count). The molecule has 6 nitrogen and oxygen atoms in total. The van der Waals surface area contributed by atoms with Gasteiger partial charge in [0.15, 0.2) is 5.96 Å². The summed E-state index contributed by atoms with van der Waals surface area (Å²) in [5.41, 5.74) is 0. The van der Waals surface area contributed by atoms with Gasteiger partial charge in [-0.1, -0.05) is 0 Å². The van der Waals surface area contributed by atoms with E-state index in [0.29, 0.717) is 12.1 Å². The number of hydrogen-bond acceptors (Lipinski definition) is 5. The molecule has 0 radical (unpaired) electrons. The van der Waals surface area contributed by atoms with Crippen molar-refractivity contribution < 1.29 is 0 Å². The van der Waals surface area contributed by atoms with Gasteiger partial charge in [-0.3, -0.25) is 9.89 Å². The second kappa shape index (κ2) is 10.7. The summed E-state index contributed by atoms with van der Waals surface area (Å²) in [4.78, 5) is 11.8. The zero-order chi connectivity index (χ0) is 17.6. The quantitative estimate of drug-likeness (QED) is 0.381. The van der Waals surface area contributed by atoms with Gasteiger partial charge in [0.1, 0.15) is 0 Å². The first-order chi connectivity index (χ1) is 12.2. The van der Waals surface area contributed by atoms with E-state index < -0.39 is 0 Å². The van der Waals surface area contributed by atoms with Crippen molar-refractivity contribution in [1.29, 1.82) is 0 Å². The van der Waals surface area contributed by atoms with Gasteiger partial charge >= 0.3 is 0 Å². The van der Waals surface area contributed by atoms with Crippen LogP contribution in [0.5, 0.6) is 0 Å². The summed E-state index contributed by atoms with van der Waals surface area (Å²) >= 11 is 1.83. The fourth-order valence-electron chi connectivity index (χ4n) is 3.62. The third-order valence-electron chi connectivity index (χ3n) is 5.36. The highest BCUT2D eigenvalue weighted by molar-refractivity contribution is 14.0. The lowest BCUT2D eigenvalue weighted by Crippen LogP contribution is -2.56. The molecule has 0 aromatic carbocycles. The van der Waals surface area contributed by atoms with E-state index in [1.54, 1.807) is 0 Å². The molecule has 2 N–H and O–H groups in total. The van der Waals surface area contributed by atoms with Crippen LogP contribution in [-0.2, 0) is 0 Å². The third-order valence-corrected chi connectivity index (χ3v) is 6.29. The van der Waals surface area contributed by atoms with Crippen LogP contribution < -0.4 is 15.5 Å². The van der Waals surface area contributed by atoms with Gasteiger partial charge < -0.3 is 20.4 Å². The maximum atomic E-state index is 4.43. The average molecular weight is 492 g/mol. The van der Waals surface area contributed by atoms with Crippen LogP contribution >= 0.6 is 35.3 Å². The number of anilines is 1. The van der Waals surface area contributed by atoms with Crippen molar-refractivity contribution in [2.75, 3.05) is 65.3 Å². The van der Waals surface area contributed by atoms with E-state index in [1.165, 1.54) is 5.00 Å². The lowest BCUT2D eigenvalue weighted by atomic mass is 10.1. The summed E-state index contributed by atoms with van der Waals surface area (Å²) in [5.74, 6) is 0.941. The number of nitrogens with zero attached hydrogens (tertiary/aromatic N) is 4. The fraction of sp³-hybridized carbons (Fsp3) is 0.722. The van der Waals surface area contributed by atoms with Crippen molar-refractivity contribution >= 4 is 46.3 Å². The zero-order valence-corrected chi connectivity index (χ0v) is 19.3. The summed E-state index contributed by atoms with van der Waals surface area (Å²) in [5, 5.41) is 10.7. The number of nitrogens with one attached hydrogen (secondary N) is 2. The number of likely N-dealkylation sites (N-methyl/N-ethyl adjacent to an activating group) is 2. The molecule has 8 heteroatoms. The molecule has 2 aliphatic rings. The van der Waals surface area contributed by atoms with Crippen molar-refractivity contribution in [2.45, 2.75) is 24.9 Å². The number of piperazine rings is 1. The van der Waals surface area contributed by atoms with E-state index in [-0.39, 0.29) is 24.0 Å². The number of guanidine groups is 1. The molecule has 3 heterocycles. The highest BCUT2D eigenvalue weighted by atomic mass is 127. The summed E-state index contributed by atoms with van der Waals surface area (Å²) < 4.78 is 0. The molecular weight excluding hydrogens is 459 g/mol. The van der Waals surface area contributed by atoms with Crippen LogP contribution in [0.3, 0.4) is 0 Å². The molecule has 2 aliphatic heterocycles. The molecule has 2 fully saturated rings.